The van der Waals surface area contributed by atoms with Crippen LogP contribution in [0.1, 0.15) is 102 Å². The molecule has 2 aromatic rings. The van der Waals surface area contributed by atoms with Gasteiger partial charge in [-0.1, -0.05) is 70.9 Å². The summed E-state index contributed by atoms with van der Waals surface area (Å²) in [5.74, 6) is 1.52. The van der Waals surface area contributed by atoms with E-state index in [0.29, 0.717) is 18.7 Å². The maximum absolute atomic E-state index is 13.2. The van der Waals surface area contributed by atoms with Gasteiger partial charge in [-0.25, -0.2) is 4.98 Å². The third kappa shape index (κ3) is 9.45. The van der Waals surface area contributed by atoms with Crippen molar-refractivity contribution in [3.63, 3.8) is 0 Å². The summed E-state index contributed by atoms with van der Waals surface area (Å²) in [6, 6.07) is 3.59. The predicted octanol–water partition coefficient (Wildman–Crippen LogP) is 8.79. The lowest BCUT2D eigenvalue weighted by atomic mass is 10.1. The monoisotopic (exact) mass is 602 g/mol. The van der Waals surface area contributed by atoms with Crippen molar-refractivity contribution >= 4 is 39.4 Å². The summed E-state index contributed by atoms with van der Waals surface area (Å²) in [7, 11) is 0. The average Bonchev–Trinajstić information content (AvgIpc) is 3.43. The minimum Gasteiger partial charge on any atom is -0.492 e. The molecule has 1 aliphatic heterocycles. The van der Waals surface area contributed by atoms with E-state index in [0.717, 1.165) is 77.3 Å². The molecule has 8 heteroatoms. The van der Waals surface area contributed by atoms with Crippen LogP contribution in [-0.4, -0.2) is 22.5 Å². The standard InChI is InChI=1S/C28H37BrN4O2S.C2H6/c1-5-8-11-24(19(4)9-6-2)36-25(10-7-3)33-28(34)20-12-14-30-21(16-20)17-31-27-22-13-15-35-26(22)23(29)18-32-27;1-2/h10,12,14,16,18H,5-9,11,13,15,17H2,1-4H3,(H,31,32)(H,33,34);1-2H3/b24-19+,25-10?;. The van der Waals surface area contributed by atoms with E-state index in [-0.39, 0.29) is 5.91 Å². The van der Waals surface area contributed by atoms with E-state index in [1.165, 1.54) is 10.5 Å². The van der Waals surface area contributed by atoms with Gasteiger partial charge >= 0.3 is 0 Å². The molecule has 6 nitrogen and oxygen atoms in total. The molecule has 0 aliphatic carbocycles. The Hall–Kier alpha value is -2.32. The van der Waals surface area contributed by atoms with Crippen molar-refractivity contribution in [2.45, 2.75) is 93.0 Å². The highest BCUT2D eigenvalue weighted by Crippen LogP contribution is 2.37. The third-order valence-electron chi connectivity index (χ3n) is 5.92. The Morgan fingerprint density at radius 1 is 1.18 bits per heavy atom. The second-order valence-corrected chi connectivity index (χ2v) is 10.8. The minimum absolute atomic E-state index is 0.120. The SMILES string of the molecule is CC.CCC=C(NC(=O)c1ccnc(CNc2ncc(Br)c3c2CCO3)c1)S/C(CCCC)=C(\C)CCC. The van der Waals surface area contributed by atoms with Crippen LogP contribution in [0.2, 0.25) is 0 Å². The van der Waals surface area contributed by atoms with Gasteiger partial charge in [0.2, 0.25) is 0 Å². The zero-order valence-electron chi connectivity index (χ0n) is 23.7. The number of amides is 1. The molecule has 0 saturated heterocycles. The van der Waals surface area contributed by atoms with Crippen LogP contribution in [0.5, 0.6) is 5.75 Å². The van der Waals surface area contributed by atoms with Gasteiger partial charge in [0.15, 0.2) is 0 Å². The van der Waals surface area contributed by atoms with E-state index in [9.17, 15) is 4.79 Å². The highest BCUT2D eigenvalue weighted by atomic mass is 79.9. The highest BCUT2D eigenvalue weighted by molar-refractivity contribution is 9.10. The lowest BCUT2D eigenvalue weighted by Crippen LogP contribution is -2.22. The number of nitrogens with zero attached hydrogens (tertiary/aromatic N) is 2. The largest absolute Gasteiger partial charge is 0.492 e. The molecule has 38 heavy (non-hydrogen) atoms. The highest BCUT2D eigenvalue weighted by Gasteiger charge is 2.20. The average molecular weight is 604 g/mol. The fourth-order valence-corrected chi connectivity index (χ4v) is 5.66. The molecule has 0 unspecified atom stereocenters. The first-order valence-electron chi connectivity index (χ1n) is 13.8. The number of unbranched alkanes of at least 4 members (excludes halogenated alkanes) is 1. The van der Waals surface area contributed by atoms with Crippen LogP contribution in [0.25, 0.3) is 0 Å². The Morgan fingerprint density at radius 2 is 1.97 bits per heavy atom. The maximum atomic E-state index is 13.2. The van der Waals surface area contributed by atoms with Gasteiger partial charge < -0.3 is 15.4 Å². The molecule has 0 fully saturated rings. The molecule has 0 bridgehead atoms. The van der Waals surface area contributed by atoms with Crippen LogP contribution in [0.3, 0.4) is 0 Å². The number of thioether (sulfide) groups is 1. The number of hydrogen-bond donors (Lipinski definition) is 2. The number of rotatable bonds is 13. The fourth-order valence-electron chi connectivity index (χ4n) is 4.02. The molecular weight excluding hydrogens is 560 g/mol. The van der Waals surface area contributed by atoms with Crippen LogP contribution in [0.15, 0.2) is 50.6 Å². The number of nitrogens with one attached hydrogen (secondary N) is 2. The molecule has 0 saturated carbocycles. The number of allylic oxidation sites excluding steroid dienone is 3. The zero-order valence-corrected chi connectivity index (χ0v) is 26.2. The number of anilines is 1. The van der Waals surface area contributed by atoms with Crippen molar-refractivity contribution < 1.29 is 9.53 Å². The van der Waals surface area contributed by atoms with Gasteiger partial charge in [0.1, 0.15) is 11.6 Å². The molecule has 2 aromatic heterocycles. The van der Waals surface area contributed by atoms with E-state index in [2.05, 4.69) is 70.3 Å². The van der Waals surface area contributed by atoms with Crippen LogP contribution in [0.4, 0.5) is 5.82 Å². The Bertz CT molecular complexity index is 1120. The van der Waals surface area contributed by atoms with Crippen molar-refractivity contribution in [2.24, 2.45) is 0 Å². The van der Waals surface area contributed by atoms with Crippen LogP contribution in [0, 0.1) is 0 Å². The summed E-state index contributed by atoms with van der Waals surface area (Å²) in [5, 5.41) is 7.40. The van der Waals surface area contributed by atoms with E-state index in [1.807, 2.05) is 19.9 Å². The molecule has 0 radical (unpaired) electrons. The second kappa shape index (κ2) is 17.3. The smallest absolute Gasteiger partial charge is 0.256 e. The molecule has 1 aliphatic rings. The maximum Gasteiger partial charge on any atom is 0.256 e. The Morgan fingerprint density at radius 3 is 2.68 bits per heavy atom. The van der Waals surface area contributed by atoms with Gasteiger partial charge in [0.25, 0.3) is 5.91 Å². The number of fused-ring (bicyclic) bond motifs is 1. The number of carbonyl (C=O) groups is 1. The lowest BCUT2D eigenvalue weighted by molar-refractivity contribution is 0.0968. The summed E-state index contributed by atoms with van der Waals surface area (Å²) < 4.78 is 6.57. The molecule has 0 spiro atoms. The van der Waals surface area contributed by atoms with Gasteiger partial charge in [-0.15, -0.1) is 0 Å². The molecule has 3 rings (SSSR count). The van der Waals surface area contributed by atoms with Crippen molar-refractivity contribution in [1.29, 1.82) is 0 Å². The van der Waals surface area contributed by atoms with Crippen LogP contribution >= 0.6 is 27.7 Å². The first-order chi connectivity index (χ1) is 18.5. The number of pyridine rings is 2. The van der Waals surface area contributed by atoms with Gasteiger partial charge in [0, 0.05) is 29.9 Å². The first-order valence-corrected chi connectivity index (χ1v) is 15.4. The normalized spacial score (nSPS) is 13.1. The second-order valence-electron chi connectivity index (χ2n) is 8.84. The van der Waals surface area contributed by atoms with E-state index in [4.69, 9.17) is 4.74 Å². The van der Waals surface area contributed by atoms with Crippen LogP contribution < -0.4 is 15.4 Å². The van der Waals surface area contributed by atoms with Crippen LogP contribution in [-0.2, 0) is 13.0 Å². The van der Waals surface area contributed by atoms with E-state index >= 15 is 0 Å². The summed E-state index contributed by atoms with van der Waals surface area (Å²) in [6.07, 6.45) is 12.8. The minimum atomic E-state index is -0.120. The van der Waals surface area contributed by atoms with Gasteiger partial charge in [-0.2, -0.15) is 0 Å². The van der Waals surface area contributed by atoms with Crippen molar-refractivity contribution in [1.82, 2.24) is 15.3 Å². The van der Waals surface area contributed by atoms with E-state index in [1.54, 1.807) is 30.2 Å². The number of ether oxygens (including phenoxy) is 1. The lowest BCUT2D eigenvalue weighted by Gasteiger charge is -2.15. The number of carbonyl (C=O) groups excluding carboxylic acids is 1. The zero-order chi connectivity index (χ0) is 27.9. The van der Waals surface area contributed by atoms with Gasteiger partial charge in [-0.05, 0) is 65.6 Å². The number of halogens is 1. The van der Waals surface area contributed by atoms with Gasteiger partial charge in [0.05, 0.1) is 28.3 Å². The quantitative estimate of drug-likeness (QED) is 0.238. The van der Waals surface area contributed by atoms with Crippen molar-refractivity contribution in [3.05, 3.63) is 67.4 Å². The summed E-state index contributed by atoms with van der Waals surface area (Å²) in [4.78, 5) is 23.5. The molecule has 1 amide bonds. The van der Waals surface area contributed by atoms with Crippen molar-refractivity contribution in [2.75, 3.05) is 11.9 Å². The summed E-state index contributed by atoms with van der Waals surface area (Å²) in [5.41, 5.74) is 3.85. The number of hydrogen-bond acceptors (Lipinski definition) is 6. The molecule has 0 atom stereocenters. The first kappa shape index (κ1) is 31.9. The Kier molecular flexibility index (Phi) is 14.5. The molecule has 208 valence electrons. The molecule has 2 N–H and O–H groups in total. The predicted molar refractivity (Wildman–Crippen MR) is 165 cm³/mol. The molecular formula is C30H43BrN4O2S. The number of aromatic nitrogens is 2. The summed E-state index contributed by atoms with van der Waals surface area (Å²) >= 11 is 5.20. The van der Waals surface area contributed by atoms with Gasteiger partial charge in [-0.3, -0.25) is 9.78 Å². The topological polar surface area (TPSA) is 76.1 Å². The van der Waals surface area contributed by atoms with Crippen molar-refractivity contribution in [3.8, 4) is 5.75 Å². The fraction of sp³-hybridized carbons (Fsp3) is 0.500. The Labute approximate surface area is 241 Å². The summed E-state index contributed by atoms with van der Waals surface area (Å²) in [6.45, 7) is 13.9. The third-order valence-corrected chi connectivity index (χ3v) is 7.77. The molecule has 0 aromatic carbocycles. The Balaban J connectivity index is 0.00000247. The molecule has 3 heterocycles. The van der Waals surface area contributed by atoms with E-state index < -0.39 is 0 Å².